The second-order valence-corrected chi connectivity index (χ2v) is 22.5. The highest BCUT2D eigenvalue weighted by atomic mass is 28.3. The molecular weight excluding hydrogens is 641 g/mol. The van der Waals surface area contributed by atoms with E-state index in [1.165, 1.54) is 4.90 Å². The summed E-state index contributed by atoms with van der Waals surface area (Å²) in [5.41, 5.74) is 1.83. The van der Waals surface area contributed by atoms with Crippen molar-refractivity contribution in [2.24, 2.45) is 7.05 Å². The maximum atomic E-state index is 13.6. The first kappa shape index (κ1) is 35.7. The summed E-state index contributed by atoms with van der Waals surface area (Å²) in [7, 11) is 0.444. The van der Waals surface area contributed by atoms with Crippen molar-refractivity contribution in [3.63, 3.8) is 0 Å². The zero-order valence-electron chi connectivity index (χ0n) is 30.6. The van der Waals surface area contributed by atoms with Crippen molar-refractivity contribution in [3.8, 4) is 0 Å². The Bertz CT molecular complexity index is 1630. The van der Waals surface area contributed by atoms with E-state index in [0.717, 1.165) is 82.1 Å². The van der Waals surface area contributed by atoms with Crippen LogP contribution >= 0.6 is 0 Å². The van der Waals surface area contributed by atoms with Gasteiger partial charge in [0.05, 0.1) is 11.0 Å². The van der Waals surface area contributed by atoms with Crippen molar-refractivity contribution in [1.82, 2.24) is 23.8 Å². The van der Waals surface area contributed by atoms with Gasteiger partial charge in [-0.25, -0.2) is 9.59 Å². The predicted molar refractivity (Wildman–Crippen MR) is 193 cm³/mol. The molecular formula is C36H56N6O6Si. The van der Waals surface area contributed by atoms with Gasteiger partial charge in [-0.2, -0.15) is 0 Å². The third-order valence-electron chi connectivity index (χ3n) is 11.0. The Balaban J connectivity index is 1.12. The molecule has 0 aliphatic carbocycles. The van der Waals surface area contributed by atoms with Crippen LogP contribution in [0, 0.1) is 0 Å². The van der Waals surface area contributed by atoms with Gasteiger partial charge in [0.15, 0.2) is 0 Å². The van der Waals surface area contributed by atoms with Crippen LogP contribution in [0.5, 0.6) is 0 Å². The smallest absolute Gasteiger partial charge is 0.410 e. The highest BCUT2D eigenvalue weighted by molar-refractivity contribution is 6.76. The zero-order valence-corrected chi connectivity index (χ0v) is 31.6. The third-order valence-corrected chi connectivity index (χ3v) is 12.7. The number of imide groups is 1. The number of aromatic nitrogens is 2. The van der Waals surface area contributed by atoms with E-state index in [-0.39, 0.29) is 42.3 Å². The highest BCUT2D eigenvalue weighted by Crippen LogP contribution is 2.41. The van der Waals surface area contributed by atoms with Crippen LogP contribution in [0.2, 0.25) is 25.7 Å². The Labute approximate surface area is 291 Å². The van der Waals surface area contributed by atoms with Crippen LogP contribution in [-0.4, -0.2) is 113 Å². The number of imidazole rings is 1. The van der Waals surface area contributed by atoms with Gasteiger partial charge in [0.2, 0.25) is 5.91 Å². The van der Waals surface area contributed by atoms with E-state index < -0.39 is 19.7 Å². The first-order chi connectivity index (χ1) is 23.1. The van der Waals surface area contributed by atoms with E-state index in [2.05, 4.69) is 41.6 Å². The van der Waals surface area contributed by atoms with Gasteiger partial charge in [0.25, 0.3) is 5.91 Å². The lowest BCUT2D eigenvalue weighted by Gasteiger charge is -2.44. The molecule has 270 valence electrons. The summed E-state index contributed by atoms with van der Waals surface area (Å²) in [4.78, 5) is 61.0. The summed E-state index contributed by atoms with van der Waals surface area (Å²) < 4.78 is 14.7. The molecule has 3 amide bonds. The Morgan fingerprint density at radius 3 is 2.41 bits per heavy atom. The third kappa shape index (κ3) is 7.35. The lowest BCUT2D eigenvalue weighted by molar-refractivity contribution is -0.157. The number of amides is 3. The average Bonchev–Trinajstić information content (AvgIpc) is 3.72. The van der Waals surface area contributed by atoms with Crippen molar-refractivity contribution in [2.45, 2.75) is 115 Å². The van der Waals surface area contributed by atoms with Crippen molar-refractivity contribution < 1.29 is 23.9 Å². The van der Waals surface area contributed by atoms with Gasteiger partial charge in [0.1, 0.15) is 18.4 Å². The molecule has 0 bridgehead atoms. The van der Waals surface area contributed by atoms with E-state index in [4.69, 9.17) is 9.47 Å². The quantitative estimate of drug-likeness (QED) is 0.220. The number of likely N-dealkylation sites (tertiary alicyclic amines) is 3. The molecule has 0 radical (unpaired) electrons. The number of hydrogen-bond acceptors (Lipinski definition) is 8. The van der Waals surface area contributed by atoms with E-state index in [1.54, 1.807) is 16.2 Å². The monoisotopic (exact) mass is 696 g/mol. The molecule has 1 aromatic carbocycles. The number of piperidine rings is 2. The molecule has 1 spiro atoms. The molecule has 6 rings (SSSR count). The van der Waals surface area contributed by atoms with Crippen molar-refractivity contribution >= 4 is 42.7 Å². The highest BCUT2D eigenvalue weighted by Gasteiger charge is 2.50. The number of benzene rings is 1. The summed E-state index contributed by atoms with van der Waals surface area (Å²) in [5.74, 6) is -0.623. The van der Waals surface area contributed by atoms with Crippen molar-refractivity contribution in [1.29, 1.82) is 0 Å². The fourth-order valence-electron chi connectivity index (χ4n) is 8.32. The normalized spacial score (nSPS) is 24.6. The summed E-state index contributed by atoms with van der Waals surface area (Å²) in [6, 6.07) is 6.75. The summed E-state index contributed by atoms with van der Waals surface area (Å²) in [5, 5.41) is 0. The fourth-order valence-corrected chi connectivity index (χ4v) is 9.08. The Kier molecular flexibility index (Phi) is 9.84. The first-order valence-corrected chi connectivity index (χ1v) is 21.9. The minimum absolute atomic E-state index is 0.0424. The number of fused-ring (bicyclic) bond motifs is 1. The predicted octanol–water partition coefficient (Wildman–Crippen LogP) is 4.79. The van der Waals surface area contributed by atoms with Gasteiger partial charge in [0, 0.05) is 71.6 Å². The number of hydrogen-bond donors (Lipinski definition) is 0. The van der Waals surface area contributed by atoms with Crippen LogP contribution in [0.4, 0.5) is 10.5 Å². The summed E-state index contributed by atoms with van der Waals surface area (Å²) in [6.45, 7) is 17.3. The number of carbonyl (C=O) groups is 3. The molecule has 2 atom stereocenters. The van der Waals surface area contributed by atoms with Gasteiger partial charge in [-0.3, -0.25) is 28.5 Å². The molecule has 2 aromatic rings. The summed E-state index contributed by atoms with van der Waals surface area (Å²) >= 11 is 0. The minimum atomic E-state index is -1.31. The van der Waals surface area contributed by atoms with Gasteiger partial charge in [-0.05, 0) is 90.1 Å². The van der Waals surface area contributed by atoms with E-state index in [9.17, 15) is 19.2 Å². The summed E-state index contributed by atoms with van der Waals surface area (Å²) in [6.07, 6.45) is 5.63. The average molecular weight is 697 g/mol. The lowest BCUT2D eigenvalue weighted by atomic mass is 9.91. The van der Waals surface area contributed by atoms with Gasteiger partial charge >= 0.3 is 11.8 Å². The van der Waals surface area contributed by atoms with Gasteiger partial charge in [-0.15, -0.1) is 0 Å². The number of ether oxygens (including phenoxy) is 2. The molecule has 4 aliphatic heterocycles. The first-order valence-electron chi connectivity index (χ1n) is 18.2. The molecule has 49 heavy (non-hydrogen) atoms. The fraction of sp³-hybridized carbons (Fsp3) is 0.722. The maximum Gasteiger partial charge on any atom is 0.410 e. The number of anilines is 1. The Morgan fingerprint density at radius 1 is 0.980 bits per heavy atom. The molecule has 12 nitrogen and oxygen atoms in total. The second kappa shape index (κ2) is 13.5. The van der Waals surface area contributed by atoms with Crippen LogP contribution in [0.25, 0.3) is 11.0 Å². The van der Waals surface area contributed by atoms with Gasteiger partial charge < -0.3 is 19.3 Å². The van der Waals surface area contributed by atoms with Crippen LogP contribution in [0.1, 0.15) is 71.8 Å². The van der Waals surface area contributed by atoms with Crippen molar-refractivity contribution in [2.75, 3.05) is 51.0 Å². The molecule has 0 N–H and O–H groups in total. The van der Waals surface area contributed by atoms with Gasteiger partial charge in [-0.1, -0.05) is 19.6 Å². The van der Waals surface area contributed by atoms with E-state index in [0.29, 0.717) is 24.6 Å². The van der Waals surface area contributed by atoms with Crippen LogP contribution < -0.4 is 10.6 Å². The molecule has 0 saturated carbocycles. The van der Waals surface area contributed by atoms with Crippen molar-refractivity contribution in [3.05, 3.63) is 28.7 Å². The maximum absolute atomic E-state index is 13.6. The lowest BCUT2D eigenvalue weighted by Crippen LogP contribution is -2.54. The minimum Gasteiger partial charge on any atom is -0.444 e. The number of carbonyl (C=O) groups excluding carboxylic acids is 3. The largest absolute Gasteiger partial charge is 0.444 e. The van der Waals surface area contributed by atoms with Crippen LogP contribution in [0.15, 0.2) is 23.0 Å². The molecule has 4 saturated heterocycles. The van der Waals surface area contributed by atoms with Crippen LogP contribution in [0.3, 0.4) is 0 Å². The second-order valence-electron chi connectivity index (χ2n) is 16.8. The molecule has 1 aromatic heterocycles. The number of rotatable bonds is 8. The molecule has 4 fully saturated rings. The number of aryl methyl sites for hydroxylation is 1. The molecule has 4 aliphatic rings. The Hall–Kier alpha value is -3.16. The van der Waals surface area contributed by atoms with E-state index in [1.807, 2.05) is 31.7 Å². The Morgan fingerprint density at radius 2 is 1.71 bits per heavy atom. The SMILES string of the molecule is Cn1c(=O)n(C2CCC(=O)N(COCC[Si](C)(C)C)C2=O)c2ccc(N3CCC(N4CCCC45CCN(C(=O)OC(C)(C)C)C5)CC3)cc21. The van der Waals surface area contributed by atoms with Crippen LogP contribution in [-0.2, 0) is 26.1 Å². The zero-order chi connectivity index (χ0) is 35.3. The topological polar surface area (TPSA) is 110 Å². The molecule has 2 unspecified atom stereocenters. The molecule has 5 heterocycles. The standard InChI is InChI=1S/C36H56N6O6Si/c1-35(2,3)48-34(46)39-20-16-36(24-39)15-8-17-41(36)26-13-18-38(19-14-26)27-9-10-28-30(23-27)37(4)33(45)42(28)29-11-12-31(43)40(32(29)44)25-47-21-22-49(5,6)7/h9-10,23,26,29H,8,11-22,24-25H2,1-7H3. The molecule has 13 heteroatoms. The number of nitrogens with zero attached hydrogens (tertiary/aromatic N) is 6. The van der Waals surface area contributed by atoms with E-state index >= 15 is 0 Å².